The third-order valence-corrected chi connectivity index (χ3v) is 6.30. The number of benzene rings is 1. The van der Waals surface area contributed by atoms with E-state index in [0.717, 1.165) is 50.1 Å². The van der Waals surface area contributed by atoms with Crippen LogP contribution in [-0.4, -0.2) is 49.3 Å². The molecule has 178 valence electrons. The third kappa shape index (κ3) is 7.47. The van der Waals surface area contributed by atoms with Gasteiger partial charge in [-0.25, -0.2) is 13.2 Å². The van der Waals surface area contributed by atoms with Gasteiger partial charge in [0.15, 0.2) is 9.84 Å². The summed E-state index contributed by atoms with van der Waals surface area (Å²) >= 11 is 0. The number of nitro groups is 1. The maximum Gasteiger partial charge on any atom is 0.408 e. The van der Waals surface area contributed by atoms with Crippen LogP contribution in [0.15, 0.2) is 23.1 Å². The molecule has 0 aliphatic heterocycles. The highest BCUT2D eigenvalue weighted by molar-refractivity contribution is 7.90. The minimum atomic E-state index is -3.76. The van der Waals surface area contributed by atoms with Crippen molar-refractivity contribution in [2.24, 2.45) is 0 Å². The van der Waals surface area contributed by atoms with E-state index in [1.807, 2.05) is 0 Å². The fraction of sp³-hybridized carbons (Fsp3) is 0.619. The highest BCUT2D eigenvalue weighted by Crippen LogP contribution is 2.28. The Morgan fingerprint density at radius 2 is 1.72 bits per heavy atom. The summed E-state index contributed by atoms with van der Waals surface area (Å²) in [6.45, 7) is 5.36. The van der Waals surface area contributed by atoms with E-state index in [-0.39, 0.29) is 17.0 Å². The molecule has 0 spiro atoms. The van der Waals surface area contributed by atoms with E-state index in [1.54, 1.807) is 20.8 Å². The number of non-ortho nitro benzene ring substituents is 1. The molecule has 10 nitrogen and oxygen atoms in total. The molecular weight excluding hydrogens is 438 g/mol. The lowest BCUT2D eigenvalue weighted by Crippen LogP contribution is -2.56. The standard InChI is InChI=1S/C21H31N3O7S/c1-20(2,3)31-19(26)23-21(9-7-5-6-8-10-21)14-22-18(25)15-11-16(24(27)28)13-17(12-15)32(4,29)30/h11-13H,5-10,14H2,1-4H3,(H,22,25)(H,23,26). The quantitative estimate of drug-likeness (QED) is 0.369. The van der Waals surface area contributed by atoms with Gasteiger partial charge in [-0.05, 0) is 39.7 Å². The first-order valence-electron chi connectivity index (χ1n) is 10.5. The summed E-state index contributed by atoms with van der Waals surface area (Å²) in [5.41, 5.74) is -2.03. The molecule has 1 aromatic rings. The van der Waals surface area contributed by atoms with Gasteiger partial charge in [-0.3, -0.25) is 14.9 Å². The van der Waals surface area contributed by atoms with Gasteiger partial charge in [0.25, 0.3) is 11.6 Å². The predicted octanol–water partition coefficient (Wildman–Crippen LogP) is 3.35. The lowest BCUT2D eigenvalue weighted by atomic mass is 9.90. The van der Waals surface area contributed by atoms with Crippen LogP contribution in [0, 0.1) is 10.1 Å². The van der Waals surface area contributed by atoms with Crippen molar-refractivity contribution in [3.8, 4) is 0 Å². The molecule has 1 saturated carbocycles. The minimum absolute atomic E-state index is 0.0853. The third-order valence-electron chi connectivity index (χ3n) is 5.21. The Balaban J connectivity index is 2.25. The number of rotatable bonds is 6. The lowest BCUT2D eigenvalue weighted by Gasteiger charge is -2.35. The molecule has 1 aromatic carbocycles. The van der Waals surface area contributed by atoms with Crippen LogP contribution in [0.1, 0.15) is 69.7 Å². The summed E-state index contributed by atoms with van der Waals surface area (Å²) in [5, 5.41) is 16.8. The Hall–Kier alpha value is -2.69. The summed E-state index contributed by atoms with van der Waals surface area (Å²) in [5.74, 6) is -0.659. The SMILES string of the molecule is CC(C)(C)OC(=O)NC1(CNC(=O)c2cc([N+](=O)[O-])cc(S(C)(=O)=O)c2)CCCCCC1. The Bertz CT molecular complexity index is 976. The van der Waals surface area contributed by atoms with Crippen LogP contribution >= 0.6 is 0 Å². The van der Waals surface area contributed by atoms with E-state index >= 15 is 0 Å². The van der Waals surface area contributed by atoms with E-state index in [9.17, 15) is 28.1 Å². The van der Waals surface area contributed by atoms with Crippen LogP contribution in [0.25, 0.3) is 0 Å². The van der Waals surface area contributed by atoms with Crippen LogP contribution < -0.4 is 10.6 Å². The normalized spacial score (nSPS) is 16.5. The number of hydrogen-bond acceptors (Lipinski definition) is 7. The van der Waals surface area contributed by atoms with Gasteiger partial charge >= 0.3 is 6.09 Å². The van der Waals surface area contributed by atoms with Gasteiger partial charge in [0.05, 0.1) is 15.4 Å². The van der Waals surface area contributed by atoms with Crippen molar-refractivity contribution in [2.45, 2.75) is 75.3 Å². The van der Waals surface area contributed by atoms with Crippen LogP contribution in [0.5, 0.6) is 0 Å². The lowest BCUT2D eigenvalue weighted by molar-refractivity contribution is -0.385. The highest BCUT2D eigenvalue weighted by atomic mass is 32.2. The van der Waals surface area contributed by atoms with Crippen molar-refractivity contribution in [1.82, 2.24) is 10.6 Å². The van der Waals surface area contributed by atoms with E-state index < -0.39 is 43.6 Å². The summed E-state index contributed by atoms with van der Waals surface area (Å²) in [6, 6.07) is 3.06. The number of carbonyl (C=O) groups excluding carboxylic acids is 2. The van der Waals surface area contributed by atoms with Crippen LogP contribution in [0.3, 0.4) is 0 Å². The number of carbonyl (C=O) groups is 2. The monoisotopic (exact) mass is 469 g/mol. The molecule has 2 N–H and O–H groups in total. The van der Waals surface area contributed by atoms with E-state index in [0.29, 0.717) is 12.8 Å². The van der Waals surface area contributed by atoms with Crippen molar-refractivity contribution >= 4 is 27.5 Å². The summed E-state index contributed by atoms with van der Waals surface area (Å²) < 4.78 is 29.2. The average molecular weight is 470 g/mol. The molecule has 0 radical (unpaired) electrons. The van der Waals surface area contributed by atoms with Gasteiger partial charge < -0.3 is 15.4 Å². The molecule has 0 heterocycles. The predicted molar refractivity (Wildman–Crippen MR) is 118 cm³/mol. The summed E-state index contributed by atoms with van der Waals surface area (Å²) in [6.07, 6.45) is 5.35. The van der Waals surface area contributed by atoms with Crippen LogP contribution in [0.4, 0.5) is 10.5 Å². The van der Waals surface area contributed by atoms with Gasteiger partial charge in [-0.2, -0.15) is 0 Å². The first kappa shape index (κ1) is 25.6. The van der Waals surface area contributed by atoms with Crippen molar-refractivity contribution in [2.75, 3.05) is 12.8 Å². The Morgan fingerprint density at radius 3 is 2.22 bits per heavy atom. The topological polar surface area (TPSA) is 145 Å². The largest absolute Gasteiger partial charge is 0.444 e. The first-order chi connectivity index (χ1) is 14.7. The summed E-state index contributed by atoms with van der Waals surface area (Å²) in [7, 11) is -3.76. The van der Waals surface area contributed by atoms with Gasteiger partial charge in [-0.15, -0.1) is 0 Å². The first-order valence-corrected chi connectivity index (χ1v) is 12.4. The Labute approximate surface area is 188 Å². The zero-order valence-corrected chi connectivity index (χ0v) is 19.7. The zero-order valence-electron chi connectivity index (χ0n) is 18.9. The number of sulfone groups is 1. The maximum absolute atomic E-state index is 12.8. The van der Waals surface area contributed by atoms with Crippen LogP contribution in [0.2, 0.25) is 0 Å². The van der Waals surface area contributed by atoms with E-state index in [4.69, 9.17) is 4.74 Å². The molecule has 0 aromatic heterocycles. The minimum Gasteiger partial charge on any atom is -0.444 e. The number of nitro benzene ring substituents is 1. The number of hydrogen-bond donors (Lipinski definition) is 2. The number of ether oxygens (including phenoxy) is 1. The van der Waals surface area contributed by atoms with E-state index in [2.05, 4.69) is 10.6 Å². The number of nitrogens with one attached hydrogen (secondary N) is 2. The van der Waals surface area contributed by atoms with Crippen LogP contribution in [-0.2, 0) is 14.6 Å². The second-order valence-corrected chi connectivity index (χ2v) is 11.3. The molecule has 1 fully saturated rings. The van der Waals surface area contributed by atoms with Crippen molar-refractivity contribution in [3.05, 3.63) is 33.9 Å². The number of nitrogens with zero attached hydrogens (tertiary/aromatic N) is 1. The Morgan fingerprint density at radius 1 is 1.12 bits per heavy atom. The fourth-order valence-electron chi connectivity index (χ4n) is 3.66. The molecule has 0 atom stereocenters. The molecule has 2 rings (SSSR count). The Kier molecular flexibility index (Phi) is 7.87. The van der Waals surface area contributed by atoms with Gasteiger partial charge in [0, 0.05) is 30.5 Å². The molecule has 1 aliphatic carbocycles. The van der Waals surface area contributed by atoms with Gasteiger partial charge in [0.2, 0.25) is 0 Å². The smallest absolute Gasteiger partial charge is 0.408 e. The molecule has 0 saturated heterocycles. The molecule has 1 aliphatic rings. The van der Waals surface area contributed by atoms with Crippen molar-refractivity contribution < 1.29 is 27.7 Å². The summed E-state index contributed by atoms with van der Waals surface area (Å²) in [4.78, 5) is 35.4. The van der Waals surface area contributed by atoms with Gasteiger partial charge in [-0.1, -0.05) is 25.7 Å². The molecule has 11 heteroatoms. The molecule has 0 unspecified atom stereocenters. The highest BCUT2D eigenvalue weighted by Gasteiger charge is 2.35. The molecule has 0 bridgehead atoms. The second kappa shape index (κ2) is 9.85. The van der Waals surface area contributed by atoms with Crippen molar-refractivity contribution in [1.29, 1.82) is 0 Å². The molecular formula is C21H31N3O7S. The van der Waals surface area contributed by atoms with E-state index in [1.165, 1.54) is 0 Å². The van der Waals surface area contributed by atoms with Crippen molar-refractivity contribution in [3.63, 3.8) is 0 Å². The van der Waals surface area contributed by atoms with Gasteiger partial charge in [0.1, 0.15) is 5.60 Å². The molecule has 2 amide bonds. The zero-order chi connectivity index (χ0) is 24.2. The fourth-order valence-corrected chi connectivity index (χ4v) is 4.33. The average Bonchev–Trinajstić information content (AvgIpc) is 2.89. The number of alkyl carbamates (subject to hydrolysis) is 1. The maximum atomic E-state index is 12.8. The molecule has 32 heavy (non-hydrogen) atoms. The second-order valence-electron chi connectivity index (χ2n) is 9.25. The number of amides is 2.